The number of nitrogens with zero attached hydrogens (tertiary/aromatic N) is 4. The van der Waals surface area contributed by atoms with E-state index in [4.69, 9.17) is 16.3 Å². The zero-order chi connectivity index (χ0) is 26.5. The van der Waals surface area contributed by atoms with Crippen molar-refractivity contribution in [2.75, 3.05) is 19.6 Å². The molecule has 1 saturated heterocycles. The number of ether oxygens (including phenoxy) is 1. The van der Waals surface area contributed by atoms with Crippen molar-refractivity contribution in [3.05, 3.63) is 59.4 Å². The molecule has 12 heteroatoms. The van der Waals surface area contributed by atoms with Gasteiger partial charge in [0.15, 0.2) is 0 Å². The number of carbonyl (C=O) groups excluding carboxylic acids is 2. The Morgan fingerprint density at radius 3 is 2.68 bits per heavy atom. The Morgan fingerprint density at radius 2 is 1.95 bits per heavy atom. The Bertz CT molecular complexity index is 1640. The molecule has 4 heterocycles. The molecule has 0 spiro atoms. The Hall–Kier alpha value is -2.99. The summed E-state index contributed by atoms with van der Waals surface area (Å²) in [5.74, 6) is -0.354. The summed E-state index contributed by atoms with van der Waals surface area (Å²) in [6.45, 7) is 5.48. The lowest BCUT2D eigenvalue weighted by atomic mass is 10.2. The summed E-state index contributed by atoms with van der Waals surface area (Å²) >= 11 is 7.17. The van der Waals surface area contributed by atoms with E-state index in [1.165, 1.54) is 8.87 Å². The maximum Gasteiger partial charge on any atom is 0.419 e. The first-order valence-electron chi connectivity index (χ1n) is 11.6. The summed E-state index contributed by atoms with van der Waals surface area (Å²) in [4.78, 5) is 32.0. The summed E-state index contributed by atoms with van der Waals surface area (Å²) in [5, 5.41) is 1.31. The molecule has 0 N–H and O–H groups in total. The largest absolute Gasteiger partial charge is 0.443 e. The molecular formula is C25H25ClN4O5S2. The van der Waals surface area contributed by atoms with Crippen LogP contribution in [0.4, 0.5) is 4.79 Å². The Balaban J connectivity index is 1.37. The fourth-order valence-corrected chi connectivity index (χ4v) is 7.43. The topological polar surface area (TPSA) is 102 Å². The molecule has 1 aromatic carbocycles. The molecule has 4 aromatic rings. The van der Waals surface area contributed by atoms with E-state index in [1.807, 2.05) is 0 Å². The van der Waals surface area contributed by atoms with Gasteiger partial charge in [-0.3, -0.25) is 9.78 Å². The molecule has 1 aliphatic heterocycles. The van der Waals surface area contributed by atoms with Gasteiger partial charge in [-0.1, -0.05) is 17.7 Å². The first-order chi connectivity index (χ1) is 17.4. The highest BCUT2D eigenvalue weighted by Gasteiger charge is 2.35. The molecule has 5 rings (SSSR count). The van der Waals surface area contributed by atoms with Crippen LogP contribution in [0.25, 0.3) is 21.1 Å². The second-order valence-corrected chi connectivity index (χ2v) is 13.4. The fraction of sp³-hybridized carbons (Fsp3) is 0.320. The Morgan fingerprint density at radius 1 is 1.16 bits per heavy atom. The van der Waals surface area contributed by atoms with Crippen LogP contribution in [-0.4, -0.2) is 64.4 Å². The second kappa shape index (κ2) is 9.39. The van der Waals surface area contributed by atoms with Gasteiger partial charge in [0.2, 0.25) is 5.91 Å². The van der Waals surface area contributed by atoms with Crippen molar-refractivity contribution in [2.45, 2.75) is 37.1 Å². The molecule has 37 heavy (non-hydrogen) atoms. The molecule has 0 bridgehead atoms. The number of fused-ring (bicyclic) bond motifs is 2. The number of pyridine rings is 1. The van der Waals surface area contributed by atoms with Crippen LogP contribution in [0.2, 0.25) is 5.02 Å². The second-order valence-electron chi connectivity index (χ2n) is 9.76. The third-order valence-corrected chi connectivity index (χ3v) is 9.54. The summed E-state index contributed by atoms with van der Waals surface area (Å²) < 4.78 is 35.8. The third kappa shape index (κ3) is 5.08. The summed E-state index contributed by atoms with van der Waals surface area (Å²) in [6, 6.07) is 12.1. The molecule has 1 aliphatic rings. The zero-order valence-corrected chi connectivity index (χ0v) is 22.9. The number of hydrogen-bond donors (Lipinski definition) is 0. The minimum absolute atomic E-state index is 0.115. The predicted octanol–water partition coefficient (Wildman–Crippen LogP) is 4.72. The van der Waals surface area contributed by atoms with Crippen LogP contribution in [-0.2, 0) is 26.1 Å². The molecule has 3 aromatic heterocycles. The van der Waals surface area contributed by atoms with Crippen LogP contribution in [0.15, 0.2) is 52.9 Å². The highest BCUT2D eigenvalue weighted by molar-refractivity contribution is 7.91. The molecular weight excluding hydrogens is 536 g/mol. The third-order valence-electron chi connectivity index (χ3n) is 5.91. The molecule has 0 aliphatic carbocycles. The lowest BCUT2D eigenvalue weighted by molar-refractivity contribution is -0.134. The van der Waals surface area contributed by atoms with Crippen LogP contribution in [0.1, 0.15) is 26.5 Å². The highest BCUT2D eigenvalue weighted by Crippen LogP contribution is 2.33. The van der Waals surface area contributed by atoms with Gasteiger partial charge >= 0.3 is 6.09 Å². The normalized spacial score (nSPS) is 15.6. The monoisotopic (exact) mass is 560 g/mol. The summed E-state index contributed by atoms with van der Waals surface area (Å²) in [6.07, 6.45) is 1.06. The lowest BCUT2D eigenvalue weighted by Gasteiger charge is -2.33. The van der Waals surface area contributed by atoms with Gasteiger partial charge in [-0.15, -0.1) is 11.3 Å². The van der Waals surface area contributed by atoms with Crippen molar-refractivity contribution in [3.8, 4) is 0 Å². The number of rotatable bonds is 4. The van der Waals surface area contributed by atoms with Crippen molar-refractivity contribution < 1.29 is 22.7 Å². The number of thiophene rings is 1. The van der Waals surface area contributed by atoms with E-state index in [-0.39, 0.29) is 36.3 Å². The van der Waals surface area contributed by atoms with E-state index >= 15 is 0 Å². The van der Waals surface area contributed by atoms with E-state index in [0.29, 0.717) is 21.7 Å². The zero-order valence-electron chi connectivity index (χ0n) is 20.5. The molecule has 1 amide bonds. The van der Waals surface area contributed by atoms with Gasteiger partial charge in [-0.25, -0.2) is 17.8 Å². The smallest absolute Gasteiger partial charge is 0.419 e. The van der Waals surface area contributed by atoms with Gasteiger partial charge < -0.3 is 9.64 Å². The van der Waals surface area contributed by atoms with E-state index in [0.717, 1.165) is 21.4 Å². The van der Waals surface area contributed by atoms with E-state index in [1.54, 1.807) is 74.3 Å². The van der Waals surface area contributed by atoms with Gasteiger partial charge in [0.25, 0.3) is 10.0 Å². The standard InChI is InChI=1S/C25H25ClN4O5S2/c1-25(2,3)35-24(32)30-18(13-19-20(30)5-4-8-27-19)14-28-9-10-29(15-22(28)31)37(33,34)23-11-16-6-7-17(26)12-21(16)36-23/h4-8,11-13H,9-10,14-15H2,1-3H3. The lowest BCUT2D eigenvalue weighted by Crippen LogP contribution is -2.51. The van der Waals surface area contributed by atoms with Crippen molar-refractivity contribution >= 4 is 66.1 Å². The molecule has 0 saturated carbocycles. The molecule has 0 atom stereocenters. The average Bonchev–Trinajstić information content (AvgIpc) is 3.40. The average molecular weight is 561 g/mol. The van der Waals surface area contributed by atoms with E-state index < -0.39 is 21.7 Å². The van der Waals surface area contributed by atoms with Gasteiger partial charge in [0.1, 0.15) is 9.81 Å². The van der Waals surface area contributed by atoms with Crippen LogP contribution in [0.3, 0.4) is 0 Å². The van der Waals surface area contributed by atoms with Gasteiger partial charge in [-0.05, 0) is 62.6 Å². The number of carbonyl (C=O) groups is 2. The summed E-state index contributed by atoms with van der Waals surface area (Å²) in [7, 11) is -3.86. The minimum Gasteiger partial charge on any atom is -0.443 e. The molecule has 0 unspecified atom stereocenters. The number of amides is 1. The van der Waals surface area contributed by atoms with Crippen LogP contribution >= 0.6 is 22.9 Å². The van der Waals surface area contributed by atoms with Gasteiger partial charge in [0, 0.05) is 29.0 Å². The maximum atomic E-state index is 13.3. The van der Waals surface area contributed by atoms with Crippen LogP contribution in [0.5, 0.6) is 0 Å². The number of benzene rings is 1. The summed E-state index contributed by atoms with van der Waals surface area (Å²) in [5.41, 5.74) is 1.00. The van der Waals surface area contributed by atoms with Crippen LogP contribution in [0, 0.1) is 0 Å². The quantitative estimate of drug-likeness (QED) is 0.358. The van der Waals surface area contributed by atoms with Gasteiger partial charge in [-0.2, -0.15) is 4.31 Å². The van der Waals surface area contributed by atoms with Crippen molar-refractivity contribution in [3.63, 3.8) is 0 Å². The van der Waals surface area contributed by atoms with Crippen molar-refractivity contribution in [1.29, 1.82) is 0 Å². The Kier molecular flexibility index (Phi) is 6.51. The van der Waals surface area contributed by atoms with Crippen molar-refractivity contribution in [2.24, 2.45) is 0 Å². The molecule has 9 nitrogen and oxygen atoms in total. The van der Waals surface area contributed by atoms with Crippen LogP contribution < -0.4 is 0 Å². The number of sulfonamides is 1. The number of piperazine rings is 1. The van der Waals surface area contributed by atoms with Gasteiger partial charge in [0.05, 0.1) is 29.8 Å². The van der Waals surface area contributed by atoms with E-state index in [2.05, 4.69) is 4.98 Å². The Labute approximate surface area is 223 Å². The number of hydrogen-bond acceptors (Lipinski definition) is 7. The first kappa shape index (κ1) is 25.7. The molecule has 1 fully saturated rings. The minimum atomic E-state index is -3.86. The molecule has 0 radical (unpaired) electrons. The SMILES string of the molecule is CC(C)(C)OC(=O)n1c(CN2CCN(S(=O)(=O)c3cc4ccc(Cl)cc4s3)CC2=O)cc2ncccc21. The fourth-order valence-electron chi connectivity index (χ4n) is 4.22. The van der Waals surface area contributed by atoms with E-state index in [9.17, 15) is 18.0 Å². The number of aromatic nitrogens is 2. The predicted molar refractivity (Wildman–Crippen MR) is 142 cm³/mol. The molecule has 194 valence electrons. The first-order valence-corrected chi connectivity index (χ1v) is 14.2. The van der Waals surface area contributed by atoms with Crippen molar-refractivity contribution in [1.82, 2.24) is 18.8 Å². The highest BCUT2D eigenvalue weighted by atomic mass is 35.5. The number of halogens is 1. The maximum absolute atomic E-state index is 13.3.